The first-order valence-corrected chi connectivity index (χ1v) is 8.46. The third kappa shape index (κ3) is 3.74. The van der Waals surface area contributed by atoms with Gasteiger partial charge in [0.1, 0.15) is 0 Å². The maximum Gasteiger partial charge on any atom is 0.316 e. The lowest BCUT2D eigenvalue weighted by Gasteiger charge is -2.18. The Morgan fingerprint density at radius 3 is 2.04 bits per heavy atom. The Balaban J connectivity index is 1.60. The molecule has 0 saturated heterocycles. The molecule has 1 N–H and O–H groups in total. The minimum absolute atomic E-state index is 0.0846. The van der Waals surface area contributed by atoms with Crippen LogP contribution in [0.1, 0.15) is 27.9 Å². The maximum absolute atomic E-state index is 12.7. The molecule has 4 aromatic rings. The molecule has 0 unspecified atom stereocenters. The lowest BCUT2D eigenvalue weighted by Crippen LogP contribution is -2.29. The monoisotopic (exact) mass is 356 g/mol. The van der Waals surface area contributed by atoms with Crippen LogP contribution in [0.4, 0.5) is 0 Å². The Morgan fingerprint density at radius 1 is 0.852 bits per heavy atom. The molecular weight excluding hydrogens is 340 g/mol. The van der Waals surface area contributed by atoms with Crippen LogP contribution in [0.5, 0.6) is 0 Å². The fourth-order valence-electron chi connectivity index (χ4n) is 2.78. The molecule has 2 aromatic carbocycles. The normalized spacial score (nSPS) is 10.7. The molecule has 2 aromatic heterocycles. The molecule has 0 saturated carbocycles. The van der Waals surface area contributed by atoms with Gasteiger partial charge in [0.2, 0.25) is 5.82 Å². The summed E-state index contributed by atoms with van der Waals surface area (Å²) < 4.78 is 5.16. The van der Waals surface area contributed by atoms with E-state index in [-0.39, 0.29) is 11.9 Å². The van der Waals surface area contributed by atoms with Crippen LogP contribution < -0.4 is 5.32 Å². The number of pyridine rings is 1. The van der Waals surface area contributed by atoms with E-state index in [9.17, 15) is 4.79 Å². The minimum atomic E-state index is -0.430. The van der Waals surface area contributed by atoms with Crippen LogP contribution in [0.15, 0.2) is 89.7 Å². The zero-order chi connectivity index (χ0) is 18.5. The predicted molar refractivity (Wildman–Crippen MR) is 99.7 cm³/mol. The van der Waals surface area contributed by atoms with Crippen molar-refractivity contribution in [3.05, 3.63) is 102 Å². The highest BCUT2D eigenvalue weighted by atomic mass is 16.5. The van der Waals surface area contributed by atoms with Crippen molar-refractivity contribution in [2.75, 3.05) is 0 Å². The van der Waals surface area contributed by atoms with Crippen molar-refractivity contribution >= 4 is 5.91 Å². The van der Waals surface area contributed by atoms with Crippen LogP contribution in [0.2, 0.25) is 0 Å². The van der Waals surface area contributed by atoms with Gasteiger partial charge in [0.15, 0.2) is 0 Å². The number of amides is 1. The van der Waals surface area contributed by atoms with Gasteiger partial charge in [0.25, 0.3) is 0 Å². The standard InChI is InChI=1S/C21H16N4O2/c26-20(21-24-19(25-27-21)17-11-13-22-14-12-17)23-18(15-7-3-1-4-8-15)16-9-5-2-6-10-16/h1-14,18H,(H,23,26). The largest absolute Gasteiger partial charge is 0.337 e. The van der Waals surface area contributed by atoms with Gasteiger partial charge in [-0.3, -0.25) is 9.78 Å². The maximum atomic E-state index is 12.7. The Morgan fingerprint density at radius 2 is 1.44 bits per heavy atom. The Bertz CT molecular complexity index is 978. The Hall–Kier alpha value is -3.80. The highest BCUT2D eigenvalue weighted by Crippen LogP contribution is 2.22. The van der Waals surface area contributed by atoms with E-state index in [0.29, 0.717) is 5.82 Å². The van der Waals surface area contributed by atoms with Crippen molar-refractivity contribution < 1.29 is 9.32 Å². The highest BCUT2D eigenvalue weighted by molar-refractivity contribution is 5.90. The summed E-state index contributed by atoms with van der Waals surface area (Å²) in [5, 5.41) is 6.87. The van der Waals surface area contributed by atoms with Gasteiger partial charge in [-0.05, 0) is 23.3 Å². The molecule has 0 atom stereocenters. The van der Waals surface area contributed by atoms with Crippen LogP contribution in [-0.2, 0) is 0 Å². The SMILES string of the molecule is O=C(NC(c1ccccc1)c1ccccc1)c1nc(-c2ccncc2)no1. The van der Waals surface area contributed by atoms with Crippen LogP contribution >= 0.6 is 0 Å². The molecule has 1 amide bonds. The van der Waals surface area contributed by atoms with Gasteiger partial charge in [-0.25, -0.2) is 0 Å². The number of aromatic nitrogens is 3. The van der Waals surface area contributed by atoms with Crippen molar-refractivity contribution in [2.24, 2.45) is 0 Å². The summed E-state index contributed by atoms with van der Waals surface area (Å²) in [4.78, 5) is 20.9. The third-order valence-electron chi connectivity index (χ3n) is 4.10. The first-order chi connectivity index (χ1) is 13.3. The molecule has 0 aliphatic heterocycles. The second-order valence-corrected chi connectivity index (χ2v) is 5.89. The highest BCUT2D eigenvalue weighted by Gasteiger charge is 2.22. The number of benzene rings is 2. The first kappa shape index (κ1) is 16.7. The molecular formula is C21H16N4O2. The molecule has 0 radical (unpaired) electrons. The van der Waals surface area contributed by atoms with E-state index in [2.05, 4.69) is 20.4 Å². The number of carbonyl (C=O) groups excluding carboxylic acids is 1. The molecule has 6 nitrogen and oxygen atoms in total. The summed E-state index contributed by atoms with van der Waals surface area (Å²) in [7, 11) is 0. The van der Waals surface area contributed by atoms with E-state index >= 15 is 0 Å². The van der Waals surface area contributed by atoms with Gasteiger partial charge in [0.05, 0.1) is 6.04 Å². The first-order valence-electron chi connectivity index (χ1n) is 8.46. The molecule has 0 fully saturated rings. The molecule has 2 heterocycles. The second-order valence-electron chi connectivity index (χ2n) is 5.89. The van der Waals surface area contributed by atoms with E-state index in [1.54, 1.807) is 24.5 Å². The van der Waals surface area contributed by atoms with Gasteiger partial charge < -0.3 is 9.84 Å². The molecule has 6 heteroatoms. The van der Waals surface area contributed by atoms with Crippen molar-refractivity contribution in [2.45, 2.75) is 6.04 Å². The molecule has 0 aliphatic carbocycles. The molecule has 132 valence electrons. The van der Waals surface area contributed by atoms with Gasteiger partial charge >= 0.3 is 11.8 Å². The summed E-state index contributed by atoms with van der Waals surface area (Å²) >= 11 is 0. The number of hydrogen-bond donors (Lipinski definition) is 1. The zero-order valence-electron chi connectivity index (χ0n) is 14.3. The fraction of sp³-hybridized carbons (Fsp3) is 0.0476. The fourth-order valence-corrected chi connectivity index (χ4v) is 2.78. The lowest BCUT2D eigenvalue weighted by molar-refractivity contribution is 0.0899. The predicted octanol–water partition coefficient (Wildman–Crippen LogP) is 3.65. The minimum Gasteiger partial charge on any atom is -0.337 e. The van der Waals surface area contributed by atoms with Crippen LogP contribution in [0.25, 0.3) is 11.4 Å². The van der Waals surface area contributed by atoms with E-state index in [4.69, 9.17) is 4.52 Å². The van der Waals surface area contributed by atoms with Crippen molar-refractivity contribution in [1.82, 2.24) is 20.4 Å². The summed E-state index contributed by atoms with van der Waals surface area (Å²) in [6, 6.07) is 22.7. The van der Waals surface area contributed by atoms with Crippen molar-refractivity contribution in [3.63, 3.8) is 0 Å². The molecule has 27 heavy (non-hydrogen) atoms. The topological polar surface area (TPSA) is 80.9 Å². The number of rotatable bonds is 5. The van der Waals surface area contributed by atoms with Crippen LogP contribution in [-0.4, -0.2) is 21.0 Å². The van der Waals surface area contributed by atoms with Gasteiger partial charge in [-0.2, -0.15) is 4.98 Å². The Labute approximate surface area is 155 Å². The van der Waals surface area contributed by atoms with E-state index in [0.717, 1.165) is 16.7 Å². The van der Waals surface area contributed by atoms with Crippen molar-refractivity contribution in [1.29, 1.82) is 0 Å². The second kappa shape index (κ2) is 7.61. The van der Waals surface area contributed by atoms with E-state index in [1.807, 2.05) is 60.7 Å². The van der Waals surface area contributed by atoms with Gasteiger partial charge in [-0.1, -0.05) is 65.8 Å². The summed E-state index contributed by atoms with van der Waals surface area (Å²) in [6.07, 6.45) is 3.26. The number of hydrogen-bond acceptors (Lipinski definition) is 5. The average Bonchev–Trinajstić information content (AvgIpc) is 3.24. The molecule has 4 rings (SSSR count). The van der Waals surface area contributed by atoms with Crippen LogP contribution in [0.3, 0.4) is 0 Å². The average molecular weight is 356 g/mol. The van der Waals surface area contributed by atoms with Crippen LogP contribution in [0, 0.1) is 0 Å². The van der Waals surface area contributed by atoms with E-state index < -0.39 is 5.91 Å². The summed E-state index contributed by atoms with van der Waals surface area (Å²) in [5.41, 5.74) is 2.66. The molecule has 0 spiro atoms. The number of carbonyl (C=O) groups is 1. The van der Waals surface area contributed by atoms with Gasteiger partial charge in [0, 0.05) is 18.0 Å². The quantitative estimate of drug-likeness (QED) is 0.590. The van der Waals surface area contributed by atoms with Crippen molar-refractivity contribution in [3.8, 4) is 11.4 Å². The smallest absolute Gasteiger partial charge is 0.316 e. The third-order valence-corrected chi connectivity index (χ3v) is 4.10. The van der Waals surface area contributed by atoms with Gasteiger partial charge in [-0.15, -0.1) is 0 Å². The molecule has 0 aliphatic rings. The number of nitrogens with zero attached hydrogens (tertiary/aromatic N) is 3. The number of nitrogens with one attached hydrogen (secondary N) is 1. The summed E-state index contributed by atoms with van der Waals surface area (Å²) in [5.74, 6) is -0.169. The van der Waals surface area contributed by atoms with E-state index in [1.165, 1.54) is 0 Å². The molecule has 0 bridgehead atoms. The Kier molecular flexibility index (Phi) is 4.70. The lowest BCUT2D eigenvalue weighted by atomic mass is 9.99. The summed E-state index contributed by atoms with van der Waals surface area (Å²) in [6.45, 7) is 0. The zero-order valence-corrected chi connectivity index (χ0v) is 14.3.